The van der Waals surface area contributed by atoms with E-state index < -0.39 is 0 Å². The van der Waals surface area contributed by atoms with Gasteiger partial charge in [0.15, 0.2) is 5.16 Å². The van der Waals surface area contributed by atoms with Crippen LogP contribution in [0.15, 0.2) is 23.4 Å². The number of carbonyl (C=O) groups excluding carboxylic acids is 2. The molecule has 0 aliphatic heterocycles. The first-order chi connectivity index (χ1) is 11.9. The predicted molar refractivity (Wildman–Crippen MR) is 96.6 cm³/mol. The van der Waals surface area contributed by atoms with Gasteiger partial charge in [0.05, 0.1) is 12.4 Å². The van der Waals surface area contributed by atoms with E-state index in [9.17, 15) is 9.59 Å². The van der Waals surface area contributed by atoms with Crippen LogP contribution >= 0.6 is 11.8 Å². The molecular formula is C17H22N4O3S. The summed E-state index contributed by atoms with van der Waals surface area (Å²) in [7, 11) is 1.76. The van der Waals surface area contributed by atoms with Gasteiger partial charge in [-0.15, -0.1) is 10.2 Å². The molecule has 0 unspecified atom stereocenters. The minimum atomic E-state index is -0.345. The lowest BCUT2D eigenvalue weighted by Gasteiger charge is -2.07. The lowest BCUT2D eigenvalue weighted by Crippen LogP contribution is -2.15. The number of carbonyl (C=O) groups is 2. The number of ether oxygens (including phenoxy) is 1. The van der Waals surface area contributed by atoms with E-state index in [0.29, 0.717) is 17.6 Å². The summed E-state index contributed by atoms with van der Waals surface area (Å²) < 4.78 is 6.60. The zero-order chi connectivity index (χ0) is 18.4. The van der Waals surface area contributed by atoms with Gasteiger partial charge in [-0.2, -0.15) is 0 Å². The average Bonchev–Trinajstić information content (AvgIpc) is 2.85. The maximum Gasteiger partial charge on any atom is 0.313 e. The van der Waals surface area contributed by atoms with E-state index in [-0.39, 0.29) is 24.1 Å². The lowest BCUT2D eigenvalue weighted by atomic mass is 10.1. The maximum atomic E-state index is 12.1. The fourth-order valence-corrected chi connectivity index (χ4v) is 3.07. The highest BCUT2D eigenvalue weighted by Gasteiger charge is 2.15. The second-order valence-electron chi connectivity index (χ2n) is 5.65. The van der Waals surface area contributed by atoms with Crippen LogP contribution in [0.4, 0.5) is 5.69 Å². The van der Waals surface area contributed by atoms with Crippen molar-refractivity contribution in [3.8, 4) is 0 Å². The summed E-state index contributed by atoms with van der Waals surface area (Å²) in [5.41, 5.74) is 2.98. The molecule has 134 valence electrons. The number of benzene rings is 1. The first kappa shape index (κ1) is 19.0. The van der Waals surface area contributed by atoms with E-state index in [0.717, 1.165) is 16.8 Å². The second-order valence-corrected chi connectivity index (χ2v) is 6.60. The van der Waals surface area contributed by atoms with Gasteiger partial charge < -0.3 is 14.6 Å². The molecule has 1 aromatic carbocycles. The Morgan fingerprint density at radius 3 is 2.52 bits per heavy atom. The molecule has 0 spiro atoms. The Hall–Kier alpha value is -2.35. The number of rotatable bonds is 7. The Balaban J connectivity index is 1.91. The SMILES string of the molecule is CCOC(=O)Cc1nnc(SCC(=O)Nc2cc(C)cc(C)c2)n1C. The predicted octanol–water partition coefficient (Wildman–Crippen LogP) is 2.27. The van der Waals surface area contributed by atoms with E-state index in [1.54, 1.807) is 18.5 Å². The number of nitrogens with zero attached hydrogens (tertiary/aromatic N) is 3. The van der Waals surface area contributed by atoms with Crippen LogP contribution in [0.3, 0.4) is 0 Å². The van der Waals surface area contributed by atoms with E-state index in [4.69, 9.17) is 4.74 Å². The van der Waals surface area contributed by atoms with Gasteiger partial charge in [0, 0.05) is 12.7 Å². The minimum absolute atomic E-state index is 0.0622. The number of hydrogen-bond acceptors (Lipinski definition) is 6. The number of amides is 1. The Kier molecular flexibility index (Phi) is 6.58. The van der Waals surface area contributed by atoms with Crippen molar-refractivity contribution in [3.05, 3.63) is 35.2 Å². The van der Waals surface area contributed by atoms with Crippen molar-refractivity contribution in [2.75, 3.05) is 17.7 Å². The molecule has 2 aromatic rings. The fraction of sp³-hybridized carbons (Fsp3) is 0.412. The van der Waals surface area contributed by atoms with E-state index in [1.807, 2.05) is 26.0 Å². The van der Waals surface area contributed by atoms with Crippen molar-refractivity contribution in [1.29, 1.82) is 0 Å². The second kappa shape index (κ2) is 8.66. The molecule has 7 nitrogen and oxygen atoms in total. The van der Waals surface area contributed by atoms with Gasteiger partial charge in [0.1, 0.15) is 12.2 Å². The van der Waals surface area contributed by atoms with Gasteiger partial charge in [0.25, 0.3) is 0 Å². The van der Waals surface area contributed by atoms with Crippen molar-refractivity contribution in [2.45, 2.75) is 32.3 Å². The molecule has 1 N–H and O–H groups in total. The molecule has 1 amide bonds. The molecule has 0 aliphatic carbocycles. The third kappa shape index (κ3) is 5.60. The number of thioether (sulfide) groups is 1. The molecule has 0 saturated carbocycles. The van der Waals surface area contributed by atoms with Crippen LogP contribution in [-0.4, -0.2) is 39.0 Å². The van der Waals surface area contributed by atoms with Crippen LogP contribution in [0.1, 0.15) is 23.9 Å². The van der Waals surface area contributed by atoms with Crippen LogP contribution in [0.5, 0.6) is 0 Å². The molecule has 0 bridgehead atoms. The zero-order valence-electron chi connectivity index (χ0n) is 14.8. The molecule has 0 saturated heterocycles. The summed E-state index contributed by atoms with van der Waals surface area (Å²) >= 11 is 1.27. The lowest BCUT2D eigenvalue weighted by molar-refractivity contribution is -0.142. The van der Waals surface area contributed by atoms with Crippen molar-refractivity contribution < 1.29 is 14.3 Å². The quantitative estimate of drug-likeness (QED) is 0.601. The molecule has 0 radical (unpaired) electrons. The van der Waals surface area contributed by atoms with Crippen molar-refractivity contribution in [2.24, 2.45) is 7.05 Å². The highest BCUT2D eigenvalue weighted by Crippen LogP contribution is 2.18. The van der Waals surface area contributed by atoms with Gasteiger partial charge in [-0.3, -0.25) is 9.59 Å². The smallest absolute Gasteiger partial charge is 0.313 e. The largest absolute Gasteiger partial charge is 0.466 e. The number of aromatic nitrogens is 3. The Bertz CT molecular complexity index is 753. The molecule has 25 heavy (non-hydrogen) atoms. The van der Waals surface area contributed by atoms with Crippen LogP contribution in [0, 0.1) is 13.8 Å². The molecule has 2 rings (SSSR count). The van der Waals surface area contributed by atoms with Gasteiger partial charge in [-0.25, -0.2) is 0 Å². The van der Waals surface area contributed by atoms with Crippen LogP contribution in [0.25, 0.3) is 0 Å². The van der Waals surface area contributed by atoms with E-state index in [2.05, 4.69) is 21.6 Å². The summed E-state index contributed by atoms with van der Waals surface area (Å²) in [5.74, 6) is 0.251. The molecule has 0 fully saturated rings. The third-order valence-electron chi connectivity index (χ3n) is 3.37. The molecule has 0 atom stereocenters. The topological polar surface area (TPSA) is 86.1 Å². The van der Waals surface area contributed by atoms with Crippen molar-refractivity contribution in [3.63, 3.8) is 0 Å². The zero-order valence-corrected chi connectivity index (χ0v) is 15.6. The Labute approximate surface area is 151 Å². The van der Waals surface area contributed by atoms with E-state index in [1.165, 1.54) is 11.8 Å². The number of aryl methyl sites for hydroxylation is 2. The molecule has 1 aromatic heterocycles. The number of hydrogen-bond donors (Lipinski definition) is 1. The first-order valence-corrected chi connectivity index (χ1v) is 8.92. The Morgan fingerprint density at radius 1 is 1.20 bits per heavy atom. The van der Waals surface area contributed by atoms with Crippen LogP contribution in [0.2, 0.25) is 0 Å². The summed E-state index contributed by atoms with van der Waals surface area (Å²) in [6.07, 6.45) is 0.0622. The number of nitrogens with one attached hydrogen (secondary N) is 1. The summed E-state index contributed by atoms with van der Waals surface area (Å²) in [6.45, 7) is 6.06. The minimum Gasteiger partial charge on any atom is -0.466 e. The Morgan fingerprint density at radius 2 is 1.88 bits per heavy atom. The number of anilines is 1. The third-order valence-corrected chi connectivity index (χ3v) is 4.39. The standard InChI is InChI=1S/C17H22N4O3S/c1-5-24-16(23)9-14-19-20-17(21(14)4)25-10-15(22)18-13-7-11(2)6-12(3)8-13/h6-8H,5,9-10H2,1-4H3,(H,18,22). The molecule has 8 heteroatoms. The molecular weight excluding hydrogens is 340 g/mol. The highest BCUT2D eigenvalue weighted by atomic mass is 32.2. The maximum absolute atomic E-state index is 12.1. The highest BCUT2D eigenvalue weighted by molar-refractivity contribution is 7.99. The molecule has 0 aliphatic rings. The van der Waals surface area contributed by atoms with Crippen LogP contribution < -0.4 is 5.32 Å². The summed E-state index contributed by atoms with van der Waals surface area (Å²) in [6, 6.07) is 5.90. The van der Waals surface area contributed by atoms with Gasteiger partial charge in [0.2, 0.25) is 5.91 Å². The van der Waals surface area contributed by atoms with Crippen molar-refractivity contribution in [1.82, 2.24) is 14.8 Å². The van der Waals surface area contributed by atoms with Gasteiger partial charge >= 0.3 is 5.97 Å². The molecule has 1 heterocycles. The monoisotopic (exact) mass is 362 g/mol. The first-order valence-electron chi connectivity index (χ1n) is 7.94. The number of esters is 1. The summed E-state index contributed by atoms with van der Waals surface area (Å²) in [4.78, 5) is 23.6. The normalized spacial score (nSPS) is 10.6. The van der Waals surface area contributed by atoms with Crippen LogP contribution in [-0.2, 0) is 27.8 Å². The van der Waals surface area contributed by atoms with Gasteiger partial charge in [-0.1, -0.05) is 17.8 Å². The summed E-state index contributed by atoms with van der Waals surface area (Å²) in [5, 5.41) is 11.5. The van der Waals surface area contributed by atoms with Crippen molar-refractivity contribution >= 4 is 29.3 Å². The average molecular weight is 362 g/mol. The van der Waals surface area contributed by atoms with E-state index >= 15 is 0 Å². The van der Waals surface area contributed by atoms with Gasteiger partial charge in [-0.05, 0) is 44.0 Å². The fourth-order valence-electron chi connectivity index (χ4n) is 2.34.